The molecular formula is C8H8N4. The van der Waals surface area contributed by atoms with Gasteiger partial charge in [-0.25, -0.2) is 4.98 Å². The van der Waals surface area contributed by atoms with Gasteiger partial charge in [-0.3, -0.25) is 4.98 Å². The molecular weight excluding hydrogens is 152 g/mol. The molecule has 2 aromatic rings. The Balaban J connectivity index is 2.55. The minimum absolute atomic E-state index is 0.632. The van der Waals surface area contributed by atoms with Crippen LogP contribution in [0.15, 0.2) is 30.7 Å². The van der Waals surface area contributed by atoms with Crippen molar-refractivity contribution in [3.8, 4) is 11.5 Å². The van der Waals surface area contributed by atoms with Gasteiger partial charge in [0, 0.05) is 18.6 Å². The molecule has 0 spiro atoms. The van der Waals surface area contributed by atoms with E-state index >= 15 is 0 Å². The normalized spacial score (nSPS) is 10.0. The average Bonchev–Trinajstić information content (AvgIpc) is 2.57. The van der Waals surface area contributed by atoms with E-state index in [4.69, 9.17) is 5.73 Å². The van der Waals surface area contributed by atoms with Crippen LogP contribution in [-0.2, 0) is 0 Å². The fourth-order valence-corrected chi connectivity index (χ4v) is 1.01. The third-order valence-corrected chi connectivity index (χ3v) is 1.56. The summed E-state index contributed by atoms with van der Waals surface area (Å²) in [5.41, 5.74) is 7.02. The zero-order valence-corrected chi connectivity index (χ0v) is 6.36. The molecule has 0 amide bonds. The van der Waals surface area contributed by atoms with E-state index < -0.39 is 0 Å². The van der Waals surface area contributed by atoms with Gasteiger partial charge in [0.05, 0.1) is 5.69 Å². The van der Waals surface area contributed by atoms with Gasteiger partial charge in [0.15, 0.2) is 5.82 Å². The van der Waals surface area contributed by atoms with Crippen molar-refractivity contribution < 1.29 is 0 Å². The van der Waals surface area contributed by atoms with Crippen LogP contribution in [0, 0.1) is 0 Å². The first-order valence-electron chi connectivity index (χ1n) is 3.58. The molecule has 0 saturated heterocycles. The molecule has 0 aliphatic rings. The smallest absolute Gasteiger partial charge is 0.158 e. The van der Waals surface area contributed by atoms with E-state index in [0.29, 0.717) is 17.2 Å². The van der Waals surface area contributed by atoms with Crippen LogP contribution in [0.25, 0.3) is 11.5 Å². The van der Waals surface area contributed by atoms with Gasteiger partial charge in [0.25, 0.3) is 0 Å². The molecule has 0 unspecified atom stereocenters. The summed E-state index contributed by atoms with van der Waals surface area (Å²) in [6.45, 7) is 0. The van der Waals surface area contributed by atoms with Crippen molar-refractivity contribution in [2.24, 2.45) is 0 Å². The van der Waals surface area contributed by atoms with E-state index in [2.05, 4.69) is 15.0 Å². The van der Waals surface area contributed by atoms with Crippen molar-refractivity contribution in [3.63, 3.8) is 0 Å². The molecule has 4 heteroatoms. The first-order chi connectivity index (χ1) is 5.88. The quantitative estimate of drug-likeness (QED) is 0.655. The summed E-state index contributed by atoms with van der Waals surface area (Å²) in [7, 11) is 0. The summed E-state index contributed by atoms with van der Waals surface area (Å²) < 4.78 is 0. The third kappa shape index (κ3) is 1.03. The van der Waals surface area contributed by atoms with Crippen LogP contribution in [0.2, 0.25) is 0 Å². The number of pyridine rings is 1. The van der Waals surface area contributed by atoms with Crippen LogP contribution in [0.5, 0.6) is 0 Å². The van der Waals surface area contributed by atoms with E-state index in [0.717, 1.165) is 0 Å². The largest absolute Gasteiger partial charge is 0.397 e. The SMILES string of the molecule is Nc1cccnc1-c1ncc[nH]1. The molecule has 2 heterocycles. The number of hydrogen-bond donors (Lipinski definition) is 2. The van der Waals surface area contributed by atoms with Gasteiger partial charge in [-0.05, 0) is 12.1 Å². The maximum atomic E-state index is 5.69. The van der Waals surface area contributed by atoms with Crippen LogP contribution in [0.1, 0.15) is 0 Å². The Kier molecular flexibility index (Phi) is 1.51. The predicted molar refractivity (Wildman–Crippen MR) is 46.2 cm³/mol. The lowest BCUT2D eigenvalue weighted by molar-refractivity contribution is 1.23. The summed E-state index contributed by atoms with van der Waals surface area (Å²) in [4.78, 5) is 11.1. The van der Waals surface area contributed by atoms with E-state index in [-0.39, 0.29) is 0 Å². The molecule has 4 nitrogen and oxygen atoms in total. The van der Waals surface area contributed by atoms with Crippen molar-refractivity contribution in [3.05, 3.63) is 30.7 Å². The van der Waals surface area contributed by atoms with E-state index in [1.54, 1.807) is 30.7 Å². The topological polar surface area (TPSA) is 67.6 Å². The first kappa shape index (κ1) is 6.84. The zero-order chi connectivity index (χ0) is 8.39. The summed E-state index contributed by atoms with van der Waals surface area (Å²) >= 11 is 0. The fraction of sp³-hybridized carbons (Fsp3) is 0. The average molecular weight is 160 g/mol. The highest BCUT2D eigenvalue weighted by Crippen LogP contribution is 2.17. The molecule has 0 radical (unpaired) electrons. The van der Waals surface area contributed by atoms with Crippen LogP contribution in [0.4, 0.5) is 5.69 Å². The molecule has 0 aliphatic heterocycles. The monoisotopic (exact) mass is 160 g/mol. The number of nitrogens with two attached hydrogens (primary N) is 1. The van der Waals surface area contributed by atoms with Gasteiger partial charge >= 0.3 is 0 Å². The van der Waals surface area contributed by atoms with Crippen LogP contribution in [-0.4, -0.2) is 15.0 Å². The van der Waals surface area contributed by atoms with Gasteiger partial charge in [0.1, 0.15) is 5.69 Å². The van der Waals surface area contributed by atoms with Crippen molar-refractivity contribution in [2.75, 3.05) is 5.73 Å². The van der Waals surface area contributed by atoms with Gasteiger partial charge < -0.3 is 10.7 Å². The summed E-state index contributed by atoms with van der Waals surface area (Å²) in [5.74, 6) is 0.702. The molecule has 0 fully saturated rings. The number of anilines is 1. The summed E-state index contributed by atoms with van der Waals surface area (Å²) in [6, 6.07) is 3.59. The van der Waals surface area contributed by atoms with Gasteiger partial charge in [-0.1, -0.05) is 0 Å². The first-order valence-corrected chi connectivity index (χ1v) is 3.58. The highest BCUT2D eigenvalue weighted by molar-refractivity contribution is 5.66. The van der Waals surface area contributed by atoms with Crippen LogP contribution < -0.4 is 5.73 Å². The lowest BCUT2D eigenvalue weighted by atomic mass is 10.3. The van der Waals surface area contributed by atoms with Gasteiger partial charge in [-0.2, -0.15) is 0 Å². The molecule has 60 valence electrons. The Bertz CT molecular complexity index is 366. The molecule has 0 saturated carbocycles. The third-order valence-electron chi connectivity index (χ3n) is 1.56. The maximum absolute atomic E-state index is 5.69. The second-order valence-electron chi connectivity index (χ2n) is 2.38. The summed E-state index contributed by atoms with van der Waals surface area (Å²) in [5, 5.41) is 0. The van der Waals surface area contributed by atoms with E-state index in [9.17, 15) is 0 Å². The number of aromatic nitrogens is 3. The second kappa shape index (κ2) is 2.65. The lowest BCUT2D eigenvalue weighted by Gasteiger charge is -1.98. The molecule has 0 bridgehead atoms. The standard InChI is InChI=1S/C8H8N4/c9-6-2-1-3-10-7(6)8-11-4-5-12-8/h1-5H,9H2,(H,11,12). The van der Waals surface area contributed by atoms with Crippen molar-refractivity contribution >= 4 is 5.69 Å². The number of H-pyrrole nitrogens is 1. The number of nitrogens with one attached hydrogen (secondary N) is 1. The Morgan fingerprint density at radius 3 is 2.83 bits per heavy atom. The van der Waals surface area contributed by atoms with Crippen LogP contribution in [0.3, 0.4) is 0 Å². The number of rotatable bonds is 1. The summed E-state index contributed by atoms with van der Waals surface area (Å²) in [6.07, 6.45) is 5.10. The number of nitrogens with zero attached hydrogens (tertiary/aromatic N) is 2. The second-order valence-corrected chi connectivity index (χ2v) is 2.38. The molecule has 12 heavy (non-hydrogen) atoms. The Morgan fingerprint density at radius 2 is 2.17 bits per heavy atom. The van der Waals surface area contributed by atoms with Crippen molar-refractivity contribution in [1.29, 1.82) is 0 Å². The van der Waals surface area contributed by atoms with Gasteiger partial charge in [-0.15, -0.1) is 0 Å². The Morgan fingerprint density at radius 1 is 1.25 bits per heavy atom. The predicted octanol–water partition coefficient (Wildman–Crippen LogP) is 1.05. The molecule has 0 aromatic carbocycles. The van der Waals surface area contributed by atoms with Crippen LogP contribution >= 0.6 is 0 Å². The van der Waals surface area contributed by atoms with Gasteiger partial charge in [0.2, 0.25) is 0 Å². The number of nitrogen functional groups attached to an aromatic ring is 1. The highest BCUT2D eigenvalue weighted by atomic mass is 14.9. The minimum atomic E-state index is 0.632. The Hall–Kier alpha value is -1.84. The number of imidazole rings is 1. The molecule has 2 rings (SSSR count). The molecule has 3 N–H and O–H groups in total. The molecule has 2 aromatic heterocycles. The zero-order valence-electron chi connectivity index (χ0n) is 6.36. The fourth-order valence-electron chi connectivity index (χ4n) is 1.01. The molecule has 0 atom stereocenters. The number of hydrogen-bond acceptors (Lipinski definition) is 3. The van der Waals surface area contributed by atoms with Crippen molar-refractivity contribution in [1.82, 2.24) is 15.0 Å². The minimum Gasteiger partial charge on any atom is -0.397 e. The van der Waals surface area contributed by atoms with E-state index in [1.807, 2.05) is 0 Å². The highest BCUT2D eigenvalue weighted by Gasteiger charge is 2.03. The lowest BCUT2D eigenvalue weighted by Crippen LogP contribution is -1.93. The maximum Gasteiger partial charge on any atom is 0.158 e. The van der Waals surface area contributed by atoms with Crippen molar-refractivity contribution in [2.45, 2.75) is 0 Å². The molecule has 0 aliphatic carbocycles. The Labute approximate surface area is 69.5 Å². The number of aromatic amines is 1. The van der Waals surface area contributed by atoms with E-state index in [1.165, 1.54) is 0 Å².